The summed E-state index contributed by atoms with van der Waals surface area (Å²) in [6.45, 7) is 29.8. The van der Waals surface area contributed by atoms with E-state index < -0.39 is 32.3 Å². The molecule has 0 N–H and O–H groups in total. The zero-order chi connectivity index (χ0) is 29.4. The molecule has 5 rings (SSSR count). The molecule has 4 aromatic heterocycles. The van der Waals surface area contributed by atoms with Crippen LogP contribution < -0.4 is 36.1 Å². The summed E-state index contributed by atoms with van der Waals surface area (Å²) >= 11 is 8.16. The summed E-state index contributed by atoms with van der Waals surface area (Å²) in [6.07, 6.45) is 9.83. The van der Waals surface area contributed by atoms with Crippen molar-refractivity contribution in [1.82, 2.24) is 0 Å². The normalized spacial score (nSPS) is 19.5. The van der Waals surface area contributed by atoms with Crippen molar-refractivity contribution >= 4 is 120 Å². The van der Waals surface area contributed by atoms with E-state index in [0.717, 1.165) is 0 Å². The van der Waals surface area contributed by atoms with Gasteiger partial charge in [0.1, 0.15) is 0 Å². The Bertz CT molecular complexity index is 1740. The van der Waals surface area contributed by atoms with Gasteiger partial charge >= 0.3 is 0 Å². The molecule has 8 heteroatoms. The van der Waals surface area contributed by atoms with Crippen LogP contribution in [0.1, 0.15) is 0 Å². The molecule has 0 bridgehead atoms. The highest BCUT2D eigenvalue weighted by Gasteiger charge is 2.23. The predicted molar refractivity (Wildman–Crippen MR) is 201 cm³/mol. The Morgan fingerprint density at radius 1 is 0.325 bits per heavy atom. The van der Waals surface area contributed by atoms with Crippen molar-refractivity contribution in [1.29, 1.82) is 0 Å². The number of hydrogen-bond donors (Lipinski definition) is 0. The fraction of sp³-hybridized carbons (Fsp3) is 0.375. The van der Waals surface area contributed by atoms with Crippen molar-refractivity contribution in [2.45, 2.75) is 78.6 Å². The van der Waals surface area contributed by atoms with Crippen molar-refractivity contribution < 1.29 is 0 Å². The minimum absolute atomic E-state index is 1.43. The van der Waals surface area contributed by atoms with E-state index in [1.54, 1.807) is 18.0 Å². The van der Waals surface area contributed by atoms with E-state index in [4.69, 9.17) is 0 Å². The summed E-state index contributed by atoms with van der Waals surface area (Å²) in [5.41, 5.74) is 0. The Morgan fingerprint density at radius 2 is 0.500 bits per heavy atom. The molecule has 40 heavy (non-hydrogen) atoms. The first-order valence-electron chi connectivity index (χ1n) is 14.3. The smallest absolute Gasteiger partial charge is 0.0904 e. The first kappa shape index (κ1) is 30.6. The van der Waals surface area contributed by atoms with Crippen LogP contribution >= 0.6 is 45.3 Å². The monoisotopic (exact) mass is 668 g/mol. The molecule has 4 aromatic rings. The lowest BCUT2D eigenvalue weighted by atomic mass is 10.2. The van der Waals surface area contributed by atoms with Gasteiger partial charge in [-0.05, 0) is 66.6 Å². The van der Waals surface area contributed by atoms with Crippen LogP contribution in [0.3, 0.4) is 0 Å². The van der Waals surface area contributed by atoms with Crippen molar-refractivity contribution in [2.24, 2.45) is 0 Å². The summed E-state index contributed by atoms with van der Waals surface area (Å²) < 4.78 is 12.1. The largest absolute Gasteiger partial charge is 0.145 e. The maximum atomic E-state index is 2.55. The lowest BCUT2D eigenvalue weighted by molar-refractivity contribution is 1.54. The minimum Gasteiger partial charge on any atom is -0.145 e. The molecule has 0 saturated carbocycles. The van der Waals surface area contributed by atoms with Gasteiger partial charge in [-0.15, -0.1) is 45.3 Å². The molecule has 4 heterocycles. The second kappa shape index (κ2) is 10.4. The van der Waals surface area contributed by atoms with Gasteiger partial charge in [-0.25, -0.2) is 0 Å². The molecule has 0 saturated heterocycles. The van der Waals surface area contributed by atoms with Crippen LogP contribution in [0.5, 0.6) is 0 Å². The maximum Gasteiger partial charge on any atom is 0.0904 e. The van der Waals surface area contributed by atoms with Gasteiger partial charge in [0.15, 0.2) is 0 Å². The highest BCUT2D eigenvalue weighted by Crippen LogP contribution is 2.11. The van der Waals surface area contributed by atoms with Gasteiger partial charge in [0.25, 0.3) is 0 Å². The van der Waals surface area contributed by atoms with Gasteiger partial charge in [0.2, 0.25) is 0 Å². The number of hydrogen-bond acceptors (Lipinski definition) is 4. The maximum absolute atomic E-state index is 2.55. The van der Waals surface area contributed by atoms with Gasteiger partial charge in [-0.3, -0.25) is 0 Å². The van der Waals surface area contributed by atoms with Crippen LogP contribution in [-0.4, -0.2) is 32.3 Å². The Hall–Kier alpha value is -0.852. The molecule has 0 atom stereocenters. The molecular weight excluding hydrogens is 625 g/mol. The van der Waals surface area contributed by atoms with Crippen LogP contribution in [0.15, 0.2) is 24.3 Å². The molecule has 0 aliphatic heterocycles. The lowest BCUT2D eigenvalue weighted by Crippen LogP contribution is -2.35. The van der Waals surface area contributed by atoms with Crippen molar-refractivity contribution in [3.8, 4) is 0 Å². The van der Waals surface area contributed by atoms with Crippen molar-refractivity contribution in [3.63, 3.8) is 0 Å². The topological polar surface area (TPSA) is 0 Å². The van der Waals surface area contributed by atoms with Gasteiger partial charge in [0.05, 0.1) is 32.3 Å². The molecule has 0 radical (unpaired) electrons. The molecule has 0 amide bonds. The molecule has 0 spiro atoms. The van der Waals surface area contributed by atoms with E-state index >= 15 is 0 Å². The third kappa shape index (κ3) is 6.11. The molecule has 1 aliphatic rings. The standard InChI is InChI=1S/C32H44S4Si4/c1-37(2,3)29-17-21-22-18-30(38(4,5)6)34-26(22)15-16-28-24(20-32(36-28)40(10,11)12)23-19-31(39(7,8)9)35-27(23)14-13-25(21)33-29/h13-20H,1-12H3/b14-13?,16-15?,22-21-,24-23-,25-13-,26-15-,27-14+,28-16+. The van der Waals surface area contributed by atoms with Crippen molar-refractivity contribution in [2.75, 3.05) is 0 Å². The average Bonchev–Trinajstić information content (AvgIpc) is 3.56. The van der Waals surface area contributed by atoms with Crippen LogP contribution in [0.25, 0.3) is 24.3 Å². The van der Waals surface area contributed by atoms with Gasteiger partial charge in [-0.1, -0.05) is 78.6 Å². The van der Waals surface area contributed by atoms with Crippen LogP contribution in [0.2, 0.25) is 78.6 Å². The number of thiophene rings is 4. The molecule has 0 aromatic carbocycles. The fourth-order valence-corrected chi connectivity index (χ4v) is 16.6. The Labute approximate surface area is 259 Å². The number of rotatable bonds is 4. The highest BCUT2D eigenvalue weighted by molar-refractivity contribution is 7.27. The molecule has 0 fully saturated rings. The molecule has 0 unspecified atom stereocenters. The fourth-order valence-electron chi connectivity index (χ4n) is 4.74. The van der Waals surface area contributed by atoms with E-state index in [2.05, 4.69) is 127 Å². The zero-order valence-electron chi connectivity index (χ0n) is 26.3. The van der Waals surface area contributed by atoms with Gasteiger partial charge in [0, 0.05) is 39.0 Å². The molecule has 212 valence electrons. The quantitative estimate of drug-likeness (QED) is 0.251. The third-order valence-electron chi connectivity index (χ3n) is 7.35. The Kier molecular flexibility index (Phi) is 7.96. The third-order valence-corrected chi connectivity index (χ3v) is 26.1. The first-order chi connectivity index (χ1) is 18.3. The first-order valence-corrected chi connectivity index (χ1v) is 31.5. The second-order valence-electron chi connectivity index (χ2n) is 15.2. The van der Waals surface area contributed by atoms with Gasteiger partial charge in [-0.2, -0.15) is 0 Å². The Morgan fingerprint density at radius 3 is 0.650 bits per heavy atom. The van der Waals surface area contributed by atoms with Crippen LogP contribution in [0, 0.1) is 20.9 Å². The van der Waals surface area contributed by atoms with E-state index in [0.29, 0.717) is 0 Å². The summed E-state index contributed by atoms with van der Waals surface area (Å²) in [7, 11) is -5.77. The van der Waals surface area contributed by atoms with Crippen LogP contribution in [-0.2, 0) is 0 Å². The van der Waals surface area contributed by atoms with E-state index in [-0.39, 0.29) is 0 Å². The average molecular weight is 669 g/mol. The van der Waals surface area contributed by atoms with Crippen molar-refractivity contribution in [3.05, 3.63) is 63.3 Å². The number of fused-ring (bicyclic) bond motifs is 4. The van der Waals surface area contributed by atoms with E-state index in [1.807, 2.05) is 45.3 Å². The Balaban J connectivity index is 2.08. The molecule has 1 aliphatic carbocycles. The SMILES string of the molecule is C[Si](C)(C)c1cc2/c(s1)=C/C=c1/sc([Si](C)(C)C)c/c1=c1\cc([Si](C)(C)C)s\c1=C\C=c1/sc([Si](C)(C)C)c/c1=2. The van der Waals surface area contributed by atoms with E-state index in [9.17, 15) is 0 Å². The highest BCUT2D eigenvalue weighted by atomic mass is 32.1. The van der Waals surface area contributed by atoms with E-state index in [1.165, 1.54) is 39.0 Å². The summed E-state index contributed by atoms with van der Waals surface area (Å²) in [5.74, 6) is 0. The minimum atomic E-state index is -1.44. The van der Waals surface area contributed by atoms with Crippen LogP contribution in [0.4, 0.5) is 0 Å². The predicted octanol–water partition coefficient (Wildman–Crippen LogP) is 5.52. The molecular formula is C32H44S4Si4. The lowest BCUT2D eigenvalue weighted by Gasteiger charge is -2.12. The second-order valence-corrected chi connectivity index (χ2v) is 41.2. The summed E-state index contributed by atoms with van der Waals surface area (Å²) in [4.78, 5) is 0. The zero-order valence-corrected chi connectivity index (χ0v) is 33.5. The molecule has 0 nitrogen and oxygen atoms in total. The summed E-state index contributed by atoms with van der Waals surface area (Å²) in [6, 6.07) is 10.2. The van der Waals surface area contributed by atoms with Gasteiger partial charge < -0.3 is 0 Å². The summed E-state index contributed by atoms with van der Waals surface area (Å²) in [5, 5.41) is 5.77.